The van der Waals surface area contributed by atoms with E-state index in [9.17, 15) is 13.6 Å². The van der Waals surface area contributed by atoms with Crippen molar-refractivity contribution in [2.24, 2.45) is 0 Å². The second-order valence-corrected chi connectivity index (χ2v) is 3.76. The number of halogens is 2. The molecule has 2 aromatic rings. The van der Waals surface area contributed by atoms with Crippen molar-refractivity contribution >= 4 is 5.97 Å². The van der Waals surface area contributed by atoms with E-state index in [4.69, 9.17) is 4.74 Å². The fourth-order valence-electron chi connectivity index (χ4n) is 1.52. The summed E-state index contributed by atoms with van der Waals surface area (Å²) in [5.41, 5.74) is 1.20. The molecule has 0 aliphatic carbocycles. The first kappa shape index (κ1) is 12.3. The van der Waals surface area contributed by atoms with E-state index in [2.05, 4.69) is 4.98 Å². The summed E-state index contributed by atoms with van der Waals surface area (Å²) >= 11 is 0. The second kappa shape index (κ2) is 5.00. The number of ether oxygens (including phenoxy) is 1. The quantitative estimate of drug-likeness (QED) is 0.672. The van der Waals surface area contributed by atoms with Crippen molar-refractivity contribution in [3.63, 3.8) is 0 Å². The highest BCUT2D eigenvalue weighted by Crippen LogP contribution is 2.17. The molecule has 18 heavy (non-hydrogen) atoms. The minimum Gasteiger partial charge on any atom is -0.423 e. The average Bonchev–Trinajstić information content (AvgIpc) is 2.75. The van der Waals surface area contributed by atoms with Crippen LogP contribution in [0, 0.1) is 11.6 Å². The van der Waals surface area contributed by atoms with Crippen molar-refractivity contribution in [3.8, 4) is 5.75 Å². The highest BCUT2D eigenvalue weighted by Gasteiger charge is 2.12. The standard InChI is InChI=1S/C13H11F2NO2/c1-2-11-3-8(7-16-11)13(17)18-12-5-9(14)4-10(15)6-12/h3-7,16H,2H2,1H3. The van der Waals surface area contributed by atoms with Crippen LogP contribution in [-0.2, 0) is 6.42 Å². The van der Waals surface area contributed by atoms with Crippen molar-refractivity contribution in [1.29, 1.82) is 0 Å². The van der Waals surface area contributed by atoms with Gasteiger partial charge in [-0.05, 0) is 12.5 Å². The van der Waals surface area contributed by atoms with Crippen LogP contribution in [0.4, 0.5) is 8.78 Å². The Bertz CT molecular complexity index is 558. The van der Waals surface area contributed by atoms with E-state index in [-0.39, 0.29) is 5.75 Å². The summed E-state index contributed by atoms with van der Waals surface area (Å²) < 4.78 is 30.7. The van der Waals surface area contributed by atoms with E-state index in [0.29, 0.717) is 11.6 Å². The van der Waals surface area contributed by atoms with Gasteiger partial charge in [-0.3, -0.25) is 0 Å². The predicted molar refractivity (Wildman–Crippen MR) is 61.5 cm³/mol. The molecule has 94 valence electrons. The third-order valence-corrected chi connectivity index (χ3v) is 2.41. The number of rotatable bonds is 3. The predicted octanol–water partition coefficient (Wildman–Crippen LogP) is 3.07. The number of esters is 1. The Kier molecular flexibility index (Phi) is 3.41. The smallest absolute Gasteiger partial charge is 0.345 e. The lowest BCUT2D eigenvalue weighted by atomic mass is 10.3. The van der Waals surface area contributed by atoms with E-state index >= 15 is 0 Å². The lowest BCUT2D eigenvalue weighted by molar-refractivity contribution is 0.0734. The van der Waals surface area contributed by atoms with Crippen molar-refractivity contribution < 1.29 is 18.3 Å². The first-order valence-corrected chi connectivity index (χ1v) is 5.44. The van der Waals surface area contributed by atoms with Crippen molar-refractivity contribution in [2.45, 2.75) is 13.3 Å². The van der Waals surface area contributed by atoms with E-state index in [0.717, 1.165) is 24.2 Å². The first-order chi connectivity index (χ1) is 8.58. The van der Waals surface area contributed by atoms with Gasteiger partial charge in [-0.2, -0.15) is 0 Å². The minimum absolute atomic E-state index is 0.156. The van der Waals surface area contributed by atoms with Gasteiger partial charge in [0.2, 0.25) is 0 Å². The molecule has 0 atom stereocenters. The maximum atomic E-state index is 12.9. The molecular formula is C13H11F2NO2. The van der Waals surface area contributed by atoms with Crippen LogP contribution in [0.25, 0.3) is 0 Å². The number of benzene rings is 1. The summed E-state index contributed by atoms with van der Waals surface area (Å²) in [5.74, 6) is -2.39. The van der Waals surface area contributed by atoms with Crippen molar-refractivity contribution in [1.82, 2.24) is 4.98 Å². The molecule has 0 unspecified atom stereocenters. The summed E-state index contributed by atoms with van der Waals surface area (Å²) in [5, 5.41) is 0. The van der Waals surface area contributed by atoms with E-state index in [1.54, 1.807) is 6.07 Å². The van der Waals surface area contributed by atoms with Gasteiger partial charge in [0.1, 0.15) is 17.4 Å². The SMILES string of the molecule is CCc1cc(C(=O)Oc2cc(F)cc(F)c2)c[nH]1. The number of hydrogen-bond acceptors (Lipinski definition) is 2. The highest BCUT2D eigenvalue weighted by molar-refractivity contribution is 5.91. The Labute approximate surface area is 102 Å². The molecule has 1 heterocycles. The van der Waals surface area contributed by atoms with Crippen molar-refractivity contribution in [2.75, 3.05) is 0 Å². The summed E-state index contributed by atoms with van der Waals surface area (Å²) in [6, 6.07) is 4.25. The fraction of sp³-hybridized carbons (Fsp3) is 0.154. The number of nitrogens with one attached hydrogen (secondary N) is 1. The lowest BCUT2D eigenvalue weighted by Gasteiger charge is -2.02. The fourth-order valence-corrected chi connectivity index (χ4v) is 1.52. The van der Waals surface area contributed by atoms with Gasteiger partial charge in [0, 0.05) is 30.1 Å². The number of carbonyl (C=O) groups is 1. The molecule has 0 saturated heterocycles. The topological polar surface area (TPSA) is 42.1 Å². The molecule has 1 aromatic carbocycles. The number of hydrogen-bond donors (Lipinski definition) is 1. The Morgan fingerprint density at radius 3 is 2.44 bits per heavy atom. The Hall–Kier alpha value is -2.17. The molecule has 1 N–H and O–H groups in total. The molecule has 0 amide bonds. The Balaban J connectivity index is 2.15. The largest absolute Gasteiger partial charge is 0.423 e. The van der Waals surface area contributed by atoms with Crippen molar-refractivity contribution in [3.05, 3.63) is 53.4 Å². The molecule has 5 heteroatoms. The summed E-state index contributed by atoms with van der Waals surface area (Å²) in [4.78, 5) is 14.6. The molecule has 0 spiro atoms. The average molecular weight is 251 g/mol. The molecular weight excluding hydrogens is 240 g/mol. The zero-order chi connectivity index (χ0) is 13.1. The Morgan fingerprint density at radius 2 is 1.89 bits per heavy atom. The van der Waals surface area contributed by atoms with Crippen LogP contribution >= 0.6 is 0 Å². The number of H-pyrrole nitrogens is 1. The zero-order valence-corrected chi connectivity index (χ0v) is 9.67. The summed E-state index contributed by atoms with van der Waals surface area (Å²) in [6.07, 6.45) is 2.25. The van der Waals surface area contributed by atoms with Crippen LogP contribution in [0.15, 0.2) is 30.5 Å². The van der Waals surface area contributed by atoms with Crippen LogP contribution in [0.2, 0.25) is 0 Å². The molecule has 0 radical (unpaired) electrons. The number of aromatic nitrogens is 1. The van der Waals surface area contributed by atoms with Crippen LogP contribution in [0.3, 0.4) is 0 Å². The van der Waals surface area contributed by atoms with Gasteiger partial charge >= 0.3 is 5.97 Å². The van der Waals surface area contributed by atoms with Crippen LogP contribution < -0.4 is 4.74 Å². The first-order valence-electron chi connectivity index (χ1n) is 5.44. The third kappa shape index (κ3) is 2.74. The minimum atomic E-state index is -0.791. The molecule has 1 aromatic heterocycles. The summed E-state index contributed by atoms with van der Waals surface area (Å²) in [6.45, 7) is 1.93. The number of aromatic amines is 1. The van der Waals surface area contributed by atoms with Gasteiger partial charge < -0.3 is 9.72 Å². The monoisotopic (exact) mass is 251 g/mol. The van der Waals surface area contributed by atoms with E-state index < -0.39 is 17.6 Å². The molecule has 0 fully saturated rings. The van der Waals surface area contributed by atoms with Gasteiger partial charge in [-0.1, -0.05) is 6.92 Å². The number of aryl methyl sites for hydroxylation is 1. The molecule has 0 aliphatic rings. The molecule has 0 bridgehead atoms. The van der Waals surface area contributed by atoms with Crippen LogP contribution in [0.1, 0.15) is 23.0 Å². The maximum absolute atomic E-state index is 12.9. The molecule has 0 saturated carbocycles. The van der Waals surface area contributed by atoms with Gasteiger partial charge in [0.25, 0.3) is 0 Å². The number of carbonyl (C=O) groups excluding carboxylic acids is 1. The van der Waals surface area contributed by atoms with Crippen LogP contribution in [0.5, 0.6) is 5.75 Å². The van der Waals surface area contributed by atoms with Gasteiger partial charge in [0.05, 0.1) is 5.56 Å². The van der Waals surface area contributed by atoms with E-state index in [1.807, 2.05) is 6.92 Å². The van der Waals surface area contributed by atoms with Gasteiger partial charge in [-0.15, -0.1) is 0 Å². The zero-order valence-electron chi connectivity index (χ0n) is 9.67. The van der Waals surface area contributed by atoms with Crippen LogP contribution in [-0.4, -0.2) is 11.0 Å². The molecule has 0 aliphatic heterocycles. The highest BCUT2D eigenvalue weighted by atomic mass is 19.1. The lowest BCUT2D eigenvalue weighted by Crippen LogP contribution is -2.07. The Morgan fingerprint density at radius 1 is 1.22 bits per heavy atom. The second-order valence-electron chi connectivity index (χ2n) is 3.76. The molecule has 3 nitrogen and oxygen atoms in total. The third-order valence-electron chi connectivity index (χ3n) is 2.41. The van der Waals surface area contributed by atoms with E-state index in [1.165, 1.54) is 6.20 Å². The van der Waals surface area contributed by atoms with Gasteiger partial charge in [-0.25, -0.2) is 13.6 Å². The normalized spacial score (nSPS) is 10.4. The maximum Gasteiger partial charge on any atom is 0.345 e. The summed E-state index contributed by atoms with van der Waals surface area (Å²) in [7, 11) is 0. The molecule has 2 rings (SSSR count). The van der Waals surface area contributed by atoms with Gasteiger partial charge in [0.15, 0.2) is 0 Å².